The molecule has 2 aliphatic rings. The Balaban J connectivity index is 2.03. The summed E-state index contributed by atoms with van der Waals surface area (Å²) < 4.78 is 0. The van der Waals surface area contributed by atoms with Crippen molar-refractivity contribution in [2.75, 3.05) is 19.6 Å². The van der Waals surface area contributed by atoms with Crippen molar-refractivity contribution in [2.24, 2.45) is 0 Å². The molecule has 2 heteroatoms. The third-order valence-corrected chi connectivity index (χ3v) is 4.49. The van der Waals surface area contributed by atoms with E-state index >= 15 is 0 Å². The molecule has 1 atom stereocenters. The van der Waals surface area contributed by atoms with Gasteiger partial charge in [0, 0.05) is 6.54 Å². The molecule has 2 rings (SSSR count). The molecule has 2 nitrogen and oxygen atoms in total. The van der Waals surface area contributed by atoms with Crippen LogP contribution in [0.15, 0.2) is 11.6 Å². The van der Waals surface area contributed by atoms with Gasteiger partial charge in [-0.2, -0.15) is 0 Å². The van der Waals surface area contributed by atoms with Crippen LogP contribution in [0.2, 0.25) is 0 Å². The molecule has 1 unspecified atom stereocenters. The summed E-state index contributed by atoms with van der Waals surface area (Å²) in [5, 5.41) is 10.9. The minimum absolute atomic E-state index is 0.478. The number of aliphatic hydroxyl groups is 1. The molecule has 0 spiro atoms. The molecule has 17 heavy (non-hydrogen) atoms. The largest absolute Gasteiger partial charge is 0.385 e. The van der Waals surface area contributed by atoms with Crippen molar-refractivity contribution in [3.8, 4) is 0 Å². The Morgan fingerprint density at radius 1 is 1.18 bits per heavy atom. The quantitative estimate of drug-likeness (QED) is 0.746. The molecule has 0 bridgehead atoms. The Kier molecular flexibility index (Phi) is 4.63. The van der Waals surface area contributed by atoms with Gasteiger partial charge in [0.1, 0.15) is 0 Å². The van der Waals surface area contributed by atoms with Crippen molar-refractivity contribution < 1.29 is 5.11 Å². The summed E-state index contributed by atoms with van der Waals surface area (Å²) in [6.45, 7) is 5.56. The molecule has 0 aromatic rings. The first-order valence-corrected chi connectivity index (χ1v) is 7.39. The Morgan fingerprint density at radius 3 is 2.88 bits per heavy atom. The van der Waals surface area contributed by atoms with E-state index in [2.05, 4.69) is 17.9 Å². The van der Waals surface area contributed by atoms with Gasteiger partial charge >= 0.3 is 0 Å². The molecule has 1 saturated heterocycles. The molecule has 0 radical (unpaired) electrons. The second-order valence-electron chi connectivity index (χ2n) is 5.65. The Labute approximate surface area is 106 Å². The second kappa shape index (κ2) is 6.01. The van der Waals surface area contributed by atoms with Crippen LogP contribution in [0.5, 0.6) is 0 Å². The lowest BCUT2D eigenvalue weighted by atomic mass is 9.84. The fourth-order valence-electron chi connectivity index (χ4n) is 3.25. The van der Waals surface area contributed by atoms with Gasteiger partial charge < -0.3 is 10.0 Å². The topological polar surface area (TPSA) is 23.5 Å². The molecule has 1 aliphatic carbocycles. The first kappa shape index (κ1) is 13.1. The van der Waals surface area contributed by atoms with Gasteiger partial charge in [-0.25, -0.2) is 0 Å². The lowest BCUT2D eigenvalue weighted by Gasteiger charge is -2.30. The van der Waals surface area contributed by atoms with E-state index in [1.807, 2.05) is 0 Å². The van der Waals surface area contributed by atoms with Gasteiger partial charge in [0.05, 0.1) is 5.60 Å². The average molecular weight is 237 g/mol. The summed E-state index contributed by atoms with van der Waals surface area (Å²) >= 11 is 0. The predicted octanol–water partition coefficient (Wildman–Crippen LogP) is 3.11. The van der Waals surface area contributed by atoms with Crippen LogP contribution in [0.4, 0.5) is 0 Å². The Morgan fingerprint density at radius 2 is 2.06 bits per heavy atom. The van der Waals surface area contributed by atoms with Crippen molar-refractivity contribution in [1.82, 2.24) is 4.90 Å². The van der Waals surface area contributed by atoms with Crippen molar-refractivity contribution >= 4 is 0 Å². The monoisotopic (exact) mass is 237 g/mol. The fraction of sp³-hybridized carbons (Fsp3) is 0.867. The number of hydrogen-bond donors (Lipinski definition) is 1. The molecule has 1 heterocycles. The van der Waals surface area contributed by atoms with Crippen LogP contribution < -0.4 is 0 Å². The molecule has 98 valence electrons. The first-order valence-electron chi connectivity index (χ1n) is 7.39. The van der Waals surface area contributed by atoms with Gasteiger partial charge in [0.25, 0.3) is 0 Å². The zero-order valence-corrected chi connectivity index (χ0v) is 11.2. The Hall–Kier alpha value is -0.340. The van der Waals surface area contributed by atoms with Crippen LogP contribution in [0.25, 0.3) is 0 Å². The normalized spacial score (nSPS) is 32.7. The van der Waals surface area contributed by atoms with E-state index < -0.39 is 5.60 Å². The highest BCUT2D eigenvalue weighted by Gasteiger charge is 2.33. The SMILES string of the molecule is CCN1CCCC(O)(C2=CCCCCC2)CC1. The summed E-state index contributed by atoms with van der Waals surface area (Å²) in [6, 6.07) is 0. The molecule has 0 aromatic carbocycles. The predicted molar refractivity (Wildman–Crippen MR) is 72.1 cm³/mol. The molecular formula is C15H27NO. The van der Waals surface area contributed by atoms with Gasteiger partial charge in [0.2, 0.25) is 0 Å². The van der Waals surface area contributed by atoms with Crippen molar-refractivity contribution in [2.45, 2.75) is 63.9 Å². The van der Waals surface area contributed by atoms with Crippen LogP contribution >= 0.6 is 0 Å². The third kappa shape index (κ3) is 3.32. The van der Waals surface area contributed by atoms with E-state index in [1.54, 1.807) is 0 Å². The maximum atomic E-state index is 10.9. The third-order valence-electron chi connectivity index (χ3n) is 4.49. The Bertz CT molecular complexity index is 274. The molecule has 1 fully saturated rings. The number of nitrogens with zero attached hydrogens (tertiary/aromatic N) is 1. The van der Waals surface area contributed by atoms with E-state index in [0.29, 0.717) is 0 Å². The number of likely N-dealkylation sites (tertiary alicyclic amines) is 1. The molecule has 0 amide bonds. The summed E-state index contributed by atoms with van der Waals surface area (Å²) in [5.41, 5.74) is 0.877. The van der Waals surface area contributed by atoms with Gasteiger partial charge in [-0.15, -0.1) is 0 Å². The minimum Gasteiger partial charge on any atom is -0.385 e. The van der Waals surface area contributed by atoms with Crippen LogP contribution in [-0.2, 0) is 0 Å². The molecule has 1 N–H and O–H groups in total. The van der Waals surface area contributed by atoms with E-state index in [0.717, 1.165) is 45.3 Å². The summed E-state index contributed by atoms with van der Waals surface area (Å²) in [5.74, 6) is 0. The van der Waals surface area contributed by atoms with E-state index in [9.17, 15) is 5.11 Å². The molecular weight excluding hydrogens is 210 g/mol. The number of hydrogen-bond acceptors (Lipinski definition) is 2. The fourth-order valence-corrected chi connectivity index (χ4v) is 3.25. The van der Waals surface area contributed by atoms with Crippen LogP contribution in [0, 0.1) is 0 Å². The smallest absolute Gasteiger partial charge is 0.0869 e. The first-order chi connectivity index (χ1) is 8.24. The number of allylic oxidation sites excluding steroid dienone is 1. The minimum atomic E-state index is -0.478. The van der Waals surface area contributed by atoms with Crippen LogP contribution in [0.1, 0.15) is 58.3 Å². The summed E-state index contributed by atoms with van der Waals surface area (Å²) in [6.07, 6.45) is 11.6. The molecule has 0 aromatic heterocycles. The number of rotatable bonds is 2. The van der Waals surface area contributed by atoms with E-state index in [-0.39, 0.29) is 0 Å². The maximum Gasteiger partial charge on any atom is 0.0869 e. The lowest BCUT2D eigenvalue weighted by Crippen LogP contribution is -2.33. The zero-order valence-electron chi connectivity index (χ0n) is 11.2. The van der Waals surface area contributed by atoms with E-state index in [4.69, 9.17) is 0 Å². The maximum absolute atomic E-state index is 10.9. The summed E-state index contributed by atoms with van der Waals surface area (Å²) in [7, 11) is 0. The van der Waals surface area contributed by atoms with E-state index in [1.165, 1.54) is 31.3 Å². The standard InChI is InChI=1S/C15H27NO/c1-2-16-12-7-10-15(17,11-13-16)14-8-5-3-4-6-9-14/h8,17H,2-7,9-13H2,1H3. The highest BCUT2D eigenvalue weighted by atomic mass is 16.3. The van der Waals surface area contributed by atoms with Gasteiger partial charge in [0.15, 0.2) is 0 Å². The van der Waals surface area contributed by atoms with Crippen molar-refractivity contribution in [3.05, 3.63) is 11.6 Å². The summed E-state index contributed by atoms with van der Waals surface area (Å²) in [4.78, 5) is 2.47. The molecule has 0 saturated carbocycles. The average Bonchev–Trinajstić information content (AvgIpc) is 2.70. The lowest BCUT2D eigenvalue weighted by molar-refractivity contribution is 0.0588. The van der Waals surface area contributed by atoms with Gasteiger partial charge in [-0.05, 0) is 63.6 Å². The van der Waals surface area contributed by atoms with Crippen molar-refractivity contribution in [1.29, 1.82) is 0 Å². The van der Waals surface area contributed by atoms with Crippen molar-refractivity contribution in [3.63, 3.8) is 0 Å². The van der Waals surface area contributed by atoms with Crippen LogP contribution in [-0.4, -0.2) is 35.2 Å². The zero-order chi connectivity index (χ0) is 12.1. The highest BCUT2D eigenvalue weighted by molar-refractivity contribution is 5.18. The highest BCUT2D eigenvalue weighted by Crippen LogP contribution is 2.34. The molecule has 1 aliphatic heterocycles. The second-order valence-corrected chi connectivity index (χ2v) is 5.65. The van der Waals surface area contributed by atoms with Gasteiger partial charge in [-0.3, -0.25) is 0 Å². The van der Waals surface area contributed by atoms with Crippen LogP contribution in [0.3, 0.4) is 0 Å². The van der Waals surface area contributed by atoms with Gasteiger partial charge in [-0.1, -0.05) is 19.4 Å².